The molecule has 2 N–H and O–H groups in total. The number of aliphatic hydroxyl groups is 1. The molecule has 2 aromatic rings. The number of amides is 1. The van der Waals surface area contributed by atoms with Crippen LogP contribution < -0.4 is 5.43 Å². The highest BCUT2D eigenvalue weighted by atomic mass is 16.3. The van der Waals surface area contributed by atoms with Crippen LogP contribution in [0.15, 0.2) is 41.5 Å². The monoisotopic (exact) mass is 285 g/mol. The first kappa shape index (κ1) is 15.0. The van der Waals surface area contributed by atoms with Gasteiger partial charge in [-0.2, -0.15) is 5.10 Å². The third-order valence-electron chi connectivity index (χ3n) is 3.24. The van der Waals surface area contributed by atoms with E-state index >= 15 is 0 Å². The van der Waals surface area contributed by atoms with Gasteiger partial charge in [-0.3, -0.25) is 4.79 Å². The van der Waals surface area contributed by atoms with Crippen molar-refractivity contribution in [1.29, 1.82) is 0 Å². The number of aromatic nitrogens is 1. The van der Waals surface area contributed by atoms with Crippen molar-refractivity contribution >= 4 is 12.1 Å². The molecular formula is C16H19N3O2. The van der Waals surface area contributed by atoms with E-state index in [1.54, 1.807) is 6.21 Å². The Hall–Kier alpha value is -2.40. The fourth-order valence-corrected chi connectivity index (χ4v) is 2.15. The summed E-state index contributed by atoms with van der Waals surface area (Å²) in [6.45, 7) is 5.41. The summed E-state index contributed by atoms with van der Waals surface area (Å²) in [6, 6.07) is 12.0. The molecule has 0 fully saturated rings. The summed E-state index contributed by atoms with van der Waals surface area (Å²) < 4.78 is 2.12. The number of hydrogen-bond acceptors (Lipinski definition) is 3. The van der Waals surface area contributed by atoms with Crippen LogP contribution in [-0.2, 0) is 4.79 Å². The van der Waals surface area contributed by atoms with Crippen molar-refractivity contribution in [3.8, 4) is 5.69 Å². The average molecular weight is 285 g/mol. The molecule has 0 unspecified atom stereocenters. The topological polar surface area (TPSA) is 66.6 Å². The highest BCUT2D eigenvalue weighted by Crippen LogP contribution is 2.19. The minimum atomic E-state index is -1.07. The van der Waals surface area contributed by atoms with E-state index in [4.69, 9.17) is 5.11 Å². The highest BCUT2D eigenvalue weighted by molar-refractivity contribution is 5.85. The molecule has 1 atom stereocenters. The molecule has 0 aliphatic carbocycles. The minimum absolute atomic E-state index is 0.525. The Kier molecular flexibility index (Phi) is 4.55. The summed E-state index contributed by atoms with van der Waals surface area (Å²) >= 11 is 0. The number of carbonyl (C=O) groups is 1. The Morgan fingerprint density at radius 3 is 2.62 bits per heavy atom. The van der Waals surface area contributed by atoms with Gasteiger partial charge in [-0.25, -0.2) is 5.43 Å². The van der Waals surface area contributed by atoms with Crippen molar-refractivity contribution in [2.75, 3.05) is 0 Å². The van der Waals surface area contributed by atoms with Crippen LogP contribution in [0.1, 0.15) is 23.9 Å². The third kappa shape index (κ3) is 3.38. The number of carbonyl (C=O) groups excluding carboxylic acids is 1. The number of rotatable bonds is 4. The fourth-order valence-electron chi connectivity index (χ4n) is 2.15. The lowest BCUT2D eigenvalue weighted by atomic mass is 10.2. The Labute approximate surface area is 123 Å². The summed E-state index contributed by atoms with van der Waals surface area (Å²) in [4.78, 5) is 11.2. The third-order valence-corrected chi connectivity index (χ3v) is 3.24. The molecule has 5 heteroatoms. The fraction of sp³-hybridized carbons (Fsp3) is 0.250. The lowest BCUT2D eigenvalue weighted by Gasteiger charge is -2.09. The number of aryl methyl sites for hydroxylation is 1. The van der Waals surface area contributed by atoms with Gasteiger partial charge in [0.15, 0.2) is 0 Å². The molecule has 0 aliphatic rings. The first-order valence-corrected chi connectivity index (χ1v) is 6.76. The van der Waals surface area contributed by atoms with Gasteiger partial charge in [0.25, 0.3) is 5.91 Å². The van der Waals surface area contributed by atoms with Gasteiger partial charge >= 0.3 is 0 Å². The van der Waals surface area contributed by atoms with Gasteiger partial charge in [-0.15, -0.1) is 0 Å². The predicted molar refractivity (Wildman–Crippen MR) is 82.7 cm³/mol. The van der Waals surface area contributed by atoms with Crippen LogP contribution in [0.3, 0.4) is 0 Å². The van der Waals surface area contributed by atoms with Crippen molar-refractivity contribution in [1.82, 2.24) is 9.99 Å². The van der Waals surface area contributed by atoms with Crippen LogP contribution in [-0.4, -0.2) is 27.9 Å². The van der Waals surface area contributed by atoms with E-state index in [1.807, 2.05) is 50.2 Å². The van der Waals surface area contributed by atoms with Crippen LogP contribution in [0.5, 0.6) is 0 Å². The van der Waals surface area contributed by atoms with E-state index in [-0.39, 0.29) is 0 Å². The number of nitrogens with zero attached hydrogens (tertiary/aromatic N) is 2. The smallest absolute Gasteiger partial charge is 0.268 e. The number of hydrogen-bond donors (Lipinski definition) is 2. The summed E-state index contributed by atoms with van der Waals surface area (Å²) in [5.41, 5.74) is 6.42. The largest absolute Gasteiger partial charge is 0.383 e. The van der Waals surface area contributed by atoms with Gasteiger partial charge in [0.05, 0.1) is 6.21 Å². The number of para-hydroxylation sites is 1. The maximum atomic E-state index is 11.2. The maximum absolute atomic E-state index is 11.2. The van der Waals surface area contributed by atoms with Crippen molar-refractivity contribution in [2.24, 2.45) is 5.10 Å². The van der Waals surface area contributed by atoms with Crippen LogP contribution >= 0.6 is 0 Å². The molecule has 1 amide bonds. The first-order valence-electron chi connectivity index (χ1n) is 6.76. The second-order valence-electron chi connectivity index (χ2n) is 4.91. The molecule has 0 saturated carbocycles. The molecule has 2 rings (SSSR count). The molecule has 0 saturated heterocycles. The van der Waals surface area contributed by atoms with Crippen molar-refractivity contribution in [3.63, 3.8) is 0 Å². The molecule has 21 heavy (non-hydrogen) atoms. The standard InChI is InChI=1S/C16H19N3O2/c1-11-9-14(10-17-18-16(21)13(3)20)12(2)19(11)15-7-5-4-6-8-15/h4-10,13,20H,1-3H3,(H,18,21)/b17-10-/t13-/m1/s1. The Morgan fingerprint density at radius 2 is 2.00 bits per heavy atom. The van der Waals surface area contributed by atoms with Crippen LogP contribution in [0.4, 0.5) is 0 Å². The zero-order valence-corrected chi connectivity index (χ0v) is 12.4. The van der Waals surface area contributed by atoms with Gasteiger partial charge < -0.3 is 9.67 Å². The summed E-state index contributed by atoms with van der Waals surface area (Å²) in [5.74, 6) is -0.525. The van der Waals surface area contributed by atoms with E-state index in [1.165, 1.54) is 6.92 Å². The Bertz CT molecular complexity index is 658. The van der Waals surface area contributed by atoms with Crippen molar-refractivity contribution in [3.05, 3.63) is 53.3 Å². The van der Waals surface area contributed by atoms with Crippen LogP contribution in [0.2, 0.25) is 0 Å². The molecule has 1 aromatic heterocycles. The van der Waals surface area contributed by atoms with Gasteiger partial charge in [-0.05, 0) is 39.0 Å². The van der Waals surface area contributed by atoms with E-state index in [9.17, 15) is 4.79 Å². The number of nitrogens with one attached hydrogen (secondary N) is 1. The average Bonchev–Trinajstić information content (AvgIpc) is 2.74. The van der Waals surface area contributed by atoms with Crippen molar-refractivity contribution in [2.45, 2.75) is 26.9 Å². The molecule has 0 radical (unpaired) electrons. The van der Waals surface area contributed by atoms with Gasteiger partial charge in [0.1, 0.15) is 6.10 Å². The molecule has 1 aromatic carbocycles. The summed E-state index contributed by atoms with van der Waals surface area (Å²) in [7, 11) is 0. The summed E-state index contributed by atoms with van der Waals surface area (Å²) in [5, 5.41) is 13.0. The Balaban J connectivity index is 2.24. The normalized spacial score (nSPS) is 12.6. The SMILES string of the molecule is Cc1cc(/C=N\NC(=O)[C@@H](C)O)c(C)n1-c1ccccc1. The molecule has 1 heterocycles. The molecule has 5 nitrogen and oxygen atoms in total. The second-order valence-corrected chi connectivity index (χ2v) is 4.91. The summed E-state index contributed by atoms with van der Waals surface area (Å²) in [6.07, 6.45) is 0.515. The van der Waals surface area contributed by atoms with E-state index in [0.717, 1.165) is 22.6 Å². The van der Waals surface area contributed by atoms with Crippen LogP contribution in [0.25, 0.3) is 5.69 Å². The minimum Gasteiger partial charge on any atom is -0.383 e. The van der Waals surface area contributed by atoms with Gasteiger partial charge in [-0.1, -0.05) is 18.2 Å². The first-order chi connectivity index (χ1) is 10.0. The second kappa shape index (κ2) is 6.37. The van der Waals surface area contributed by atoms with Crippen molar-refractivity contribution < 1.29 is 9.90 Å². The van der Waals surface area contributed by atoms with Gasteiger partial charge in [0.2, 0.25) is 0 Å². The lowest BCUT2D eigenvalue weighted by molar-refractivity contribution is -0.128. The molecule has 0 aliphatic heterocycles. The van der Waals surface area contributed by atoms with E-state index in [2.05, 4.69) is 15.1 Å². The zero-order chi connectivity index (χ0) is 15.4. The number of hydrazone groups is 1. The van der Waals surface area contributed by atoms with E-state index in [0.29, 0.717) is 0 Å². The lowest BCUT2D eigenvalue weighted by Crippen LogP contribution is -2.28. The molecule has 0 spiro atoms. The van der Waals surface area contributed by atoms with Gasteiger partial charge in [0, 0.05) is 22.6 Å². The zero-order valence-electron chi connectivity index (χ0n) is 12.4. The molecule has 110 valence electrons. The Morgan fingerprint density at radius 1 is 1.33 bits per heavy atom. The van der Waals surface area contributed by atoms with E-state index < -0.39 is 12.0 Å². The molecule has 0 bridgehead atoms. The quantitative estimate of drug-likeness (QED) is 0.666. The number of benzene rings is 1. The van der Waals surface area contributed by atoms with Crippen LogP contribution in [0, 0.1) is 13.8 Å². The predicted octanol–water partition coefficient (Wildman–Crippen LogP) is 1.93. The highest BCUT2D eigenvalue weighted by Gasteiger charge is 2.10. The maximum Gasteiger partial charge on any atom is 0.268 e. The molecular weight excluding hydrogens is 266 g/mol. The number of aliphatic hydroxyl groups excluding tert-OH is 1.